The molecular formula is C19H25NO3. The van der Waals surface area contributed by atoms with Crippen LogP contribution in [0.4, 0.5) is 0 Å². The molecule has 1 N–H and O–H groups in total. The third-order valence-electron chi connectivity index (χ3n) is 4.49. The van der Waals surface area contributed by atoms with Crippen molar-refractivity contribution in [3.8, 4) is 0 Å². The molecule has 0 aliphatic carbocycles. The second kappa shape index (κ2) is 5.84. The molecule has 4 nitrogen and oxygen atoms in total. The molecule has 0 radical (unpaired) electrons. The maximum atomic E-state index is 12.9. The molecule has 0 aromatic heterocycles. The summed E-state index contributed by atoms with van der Waals surface area (Å²) in [5, 5.41) is 8.97. The molecule has 0 spiro atoms. The smallest absolute Gasteiger partial charge is 0.335 e. The van der Waals surface area contributed by atoms with Gasteiger partial charge >= 0.3 is 5.97 Å². The lowest BCUT2D eigenvalue weighted by molar-refractivity contribution is 0.0696. The number of benzene rings is 1. The van der Waals surface area contributed by atoms with Crippen LogP contribution in [0, 0.1) is 5.41 Å². The Morgan fingerprint density at radius 1 is 1.09 bits per heavy atom. The molecule has 0 bridgehead atoms. The Hall–Kier alpha value is -2.10. The standard InChI is InChI=1S/C19H25NO3/c1-18(2,3)20-11-10-19(4,5)15(12-20)16(21)13-6-8-14(9-7-13)17(22)23/h6-9,12H,10-11H2,1-5H3,(H,22,23). The van der Waals surface area contributed by atoms with Crippen molar-refractivity contribution in [2.24, 2.45) is 5.41 Å². The second-order valence-corrected chi connectivity index (χ2v) is 7.75. The Balaban J connectivity index is 2.38. The second-order valence-electron chi connectivity index (χ2n) is 7.75. The lowest BCUT2D eigenvalue weighted by Crippen LogP contribution is -2.44. The molecule has 0 unspecified atom stereocenters. The Labute approximate surface area is 137 Å². The highest BCUT2D eigenvalue weighted by Gasteiger charge is 2.35. The predicted molar refractivity (Wildman–Crippen MR) is 90.7 cm³/mol. The largest absolute Gasteiger partial charge is 0.478 e. The van der Waals surface area contributed by atoms with E-state index in [0.29, 0.717) is 5.56 Å². The highest BCUT2D eigenvalue weighted by Crippen LogP contribution is 2.38. The van der Waals surface area contributed by atoms with Crippen LogP contribution in [0.25, 0.3) is 0 Å². The lowest BCUT2D eigenvalue weighted by atomic mass is 9.75. The van der Waals surface area contributed by atoms with E-state index in [2.05, 4.69) is 39.5 Å². The van der Waals surface area contributed by atoms with E-state index in [0.717, 1.165) is 18.5 Å². The third kappa shape index (κ3) is 3.63. The highest BCUT2D eigenvalue weighted by atomic mass is 16.4. The van der Waals surface area contributed by atoms with Gasteiger partial charge in [0, 0.05) is 29.4 Å². The maximum absolute atomic E-state index is 12.9. The summed E-state index contributed by atoms with van der Waals surface area (Å²) in [5.41, 5.74) is 1.28. The Morgan fingerprint density at radius 2 is 1.61 bits per heavy atom. The van der Waals surface area contributed by atoms with E-state index in [9.17, 15) is 9.59 Å². The summed E-state index contributed by atoms with van der Waals surface area (Å²) in [6, 6.07) is 6.15. The average molecular weight is 315 g/mol. The van der Waals surface area contributed by atoms with E-state index in [4.69, 9.17) is 5.11 Å². The average Bonchev–Trinajstić information content (AvgIpc) is 2.45. The Kier molecular flexibility index (Phi) is 4.38. The number of nitrogens with zero attached hydrogens (tertiary/aromatic N) is 1. The number of carbonyl (C=O) groups is 2. The van der Waals surface area contributed by atoms with Gasteiger partial charge in [0.25, 0.3) is 0 Å². The topological polar surface area (TPSA) is 57.6 Å². The van der Waals surface area contributed by atoms with Gasteiger partial charge in [-0.05, 0) is 44.7 Å². The maximum Gasteiger partial charge on any atom is 0.335 e. The molecule has 1 heterocycles. The van der Waals surface area contributed by atoms with Gasteiger partial charge in [0.05, 0.1) is 5.56 Å². The molecule has 0 atom stereocenters. The van der Waals surface area contributed by atoms with Gasteiger partial charge in [0.2, 0.25) is 0 Å². The fourth-order valence-electron chi connectivity index (χ4n) is 2.74. The molecule has 0 fully saturated rings. The summed E-state index contributed by atoms with van der Waals surface area (Å²) in [6.07, 6.45) is 2.89. The normalized spacial score (nSPS) is 17.6. The van der Waals surface area contributed by atoms with Gasteiger partial charge in [-0.15, -0.1) is 0 Å². The van der Waals surface area contributed by atoms with Crippen molar-refractivity contribution >= 4 is 11.8 Å². The zero-order valence-electron chi connectivity index (χ0n) is 14.5. The monoisotopic (exact) mass is 315 g/mol. The first kappa shape index (κ1) is 17.3. The summed E-state index contributed by atoms with van der Waals surface area (Å²) < 4.78 is 0. The fourth-order valence-corrected chi connectivity index (χ4v) is 2.74. The quantitative estimate of drug-likeness (QED) is 0.857. The highest BCUT2D eigenvalue weighted by molar-refractivity contribution is 6.09. The van der Waals surface area contributed by atoms with E-state index < -0.39 is 5.97 Å². The molecule has 1 aliphatic heterocycles. The van der Waals surface area contributed by atoms with Crippen molar-refractivity contribution in [3.63, 3.8) is 0 Å². The number of carbonyl (C=O) groups excluding carboxylic acids is 1. The number of allylic oxidation sites excluding steroid dienone is 1. The molecule has 0 saturated carbocycles. The van der Waals surface area contributed by atoms with Gasteiger partial charge < -0.3 is 10.0 Å². The Morgan fingerprint density at radius 3 is 2.09 bits per heavy atom. The lowest BCUT2D eigenvalue weighted by Gasteiger charge is -2.43. The van der Waals surface area contributed by atoms with Crippen LogP contribution in [0.3, 0.4) is 0 Å². The third-order valence-corrected chi connectivity index (χ3v) is 4.49. The van der Waals surface area contributed by atoms with Gasteiger partial charge in [0.15, 0.2) is 5.78 Å². The van der Waals surface area contributed by atoms with E-state index in [1.54, 1.807) is 12.1 Å². The molecule has 1 aromatic carbocycles. The van der Waals surface area contributed by atoms with Crippen molar-refractivity contribution in [1.82, 2.24) is 4.90 Å². The zero-order chi connectivity index (χ0) is 17.4. The Bertz CT molecular complexity index is 648. The number of rotatable bonds is 3. The van der Waals surface area contributed by atoms with E-state index >= 15 is 0 Å². The molecule has 2 rings (SSSR count). The van der Waals surface area contributed by atoms with Crippen molar-refractivity contribution in [2.75, 3.05) is 6.54 Å². The predicted octanol–water partition coefficient (Wildman–Crippen LogP) is 3.98. The molecule has 23 heavy (non-hydrogen) atoms. The number of ketones is 1. The molecule has 4 heteroatoms. The SMILES string of the molecule is CC1(C)CCN(C(C)(C)C)C=C1C(=O)c1ccc(C(=O)O)cc1. The summed E-state index contributed by atoms with van der Waals surface area (Å²) >= 11 is 0. The van der Waals surface area contributed by atoms with Crippen LogP contribution >= 0.6 is 0 Å². The summed E-state index contributed by atoms with van der Waals surface area (Å²) in [5.74, 6) is -1.01. The van der Waals surface area contributed by atoms with Gasteiger partial charge in [0.1, 0.15) is 0 Å². The van der Waals surface area contributed by atoms with Crippen molar-refractivity contribution in [3.05, 3.63) is 47.2 Å². The zero-order valence-corrected chi connectivity index (χ0v) is 14.5. The number of carboxylic acids is 1. The first-order valence-electron chi connectivity index (χ1n) is 7.89. The van der Waals surface area contributed by atoms with Crippen LogP contribution in [-0.4, -0.2) is 33.8 Å². The van der Waals surface area contributed by atoms with Crippen LogP contribution in [0.15, 0.2) is 36.0 Å². The number of hydrogen-bond donors (Lipinski definition) is 1. The van der Waals surface area contributed by atoms with Crippen LogP contribution in [-0.2, 0) is 0 Å². The molecular weight excluding hydrogens is 290 g/mol. The number of Topliss-reactive ketones (excluding diaryl/α,β-unsaturated/α-hetero) is 1. The van der Waals surface area contributed by atoms with Crippen molar-refractivity contribution in [1.29, 1.82) is 0 Å². The summed E-state index contributed by atoms with van der Waals surface area (Å²) in [4.78, 5) is 26.1. The number of carboxylic acid groups (broad SMARTS) is 1. The number of hydrogen-bond acceptors (Lipinski definition) is 3. The molecule has 0 saturated heterocycles. The fraction of sp³-hybridized carbons (Fsp3) is 0.474. The summed E-state index contributed by atoms with van der Waals surface area (Å²) in [7, 11) is 0. The van der Waals surface area contributed by atoms with Crippen LogP contribution in [0.5, 0.6) is 0 Å². The minimum atomic E-state index is -0.986. The first-order valence-corrected chi connectivity index (χ1v) is 7.89. The van der Waals surface area contributed by atoms with Crippen LogP contribution in [0.2, 0.25) is 0 Å². The molecule has 1 aromatic rings. The van der Waals surface area contributed by atoms with Gasteiger partial charge in [-0.2, -0.15) is 0 Å². The van der Waals surface area contributed by atoms with E-state index in [-0.39, 0.29) is 22.3 Å². The van der Waals surface area contributed by atoms with Gasteiger partial charge in [-0.1, -0.05) is 26.0 Å². The number of aromatic carboxylic acids is 1. The van der Waals surface area contributed by atoms with E-state index in [1.165, 1.54) is 12.1 Å². The van der Waals surface area contributed by atoms with Crippen molar-refractivity contribution < 1.29 is 14.7 Å². The van der Waals surface area contributed by atoms with Crippen LogP contribution in [0.1, 0.15) is 61.8 Å². The summed E-state index contributed by atoms with van der Waals surface area (Å²) in [6.45, 7) is 11.5. The minimum Gasteiger partial charge on any atom is -0.478 e. The minimum absolute atomic E-state index is 0.0270. The molecule has 124 valence electrons. The van der Waals surface area contributed by atoms with Gasteiger partial charge in [-0.3, -0.25) is 4.79 Å². The first-order chi connectivity index (χ1) is 10.5. The van der Waals surface area contributed by atoms with Gasteiger partial charge in [-0.25, -0.2) is 4.79 Å². The van der Waals surface area contributed by atoms with Crippen molar-refractivity contribution in [2.45, 2.75) is 46.6 Å². The molecule has 0 amide bonds. The van der Waals surface area contributed by atoms with E-state index in [1.807, 2.05) is 6.20 Å². The van der Waals surface area contributed by atoms with Crippen LogP contribution < -0.4 is 0 Å². The molecule has 1 aliphatic rings.